The molecule has 72 heavy (non-hydrogen) atoms. The van der Waals surface area contributed by atoms with Crippen molar-refractivity contribution in [1.82, 2.24) is 10.6 Å². The maximum absolute atomic E-state index is 12.7. The van der Waals surface area contributed by atoms with Gasteiger partial charge in [0.1, 0.15) is 140 Å². The lowest BCUT2D eigenvalue weighted by Gasteiger charge is -2.50. The molecule has 0 aromatic rings. The van der Waals surface area contributed by atoms with Crippen molar-refractivity contribution in [2.24, 2.45) is 0 Å². The third kappa shape index (κ3) is 12.8. The van der Waals surface area contributed by atoms with Gasteiger partial charge in [0.05, 0.1) is 39.1 Å². The Bertz CT molecular complexity index is 1730. The van der Waals surface area contributed by atoms with E-state index >= 15 is 0 Å². The van der Waals surface area contributed by atoms with Crippen molar-refractivity contribution in [3.8, 4) is 0 Å². The number of aliphatic hydroxyl groups is 17. The Hall–Kier alpha value is -2.18. The highest BCUT2D eigenvalue weighted by Crippen LogP contribution is 2.36. The Kier molecular flexibility index (Phi) is 20.8. The Balaban J connectivity index is 1.26. The van der Waals surface area contributed by atoms with Crippen molar-refractivity contribution in [3.63, 3.8) is 0 Å². The summed E-state index contributed by atoms with van der Waals surface area (Å²) in [6, 6.07) is -3.40. The van der Waals surface area contributed by atoms with Crippen molar-refractivity contribution < 1.29 is 149 Å². The minimum Gasteiger partial charge on any atom is -0.394 e. The van der Waals surface area contributed by atoms with Gasteiger partial charge < -0.3 is 150 Å². The predicted octanol–water partition coefficient (Wildman–Crippen LogP) is -12.8. The van der Waals surface area contributed by atoms with Crippen LogP contribution in [0.15, 0.2) is 0 Å². The monoisotopic (exact) mass is 1060 g/mol. The van der Waals surface area contributed by atoms with E-state index in [4.69, 9.17) is 52.1 Å². The molecule has 6 rings (SSSR count). The number of ether oxygens (including phenoxy) is 11. The first-order valence-electron chi connectivity index (χ1n) is 23.0. The van der Waals surface area contributed by atoms with E-state index in [1.54, 1.807) is 0 Å². The summed E-state index contributed by atoms with van der Waals surface area (Å²) in [5.41, 5.74) is 0. The van der Waals surface area contributed by atoms with Crippen LogP contribution in [0.25, 0.3) is 0 Å². The maximum Gasteiger partial charge on any atom is 0.217 e. The third-order valence-electron chi connectivity index (χ3n) is 13.2. The minimum absolute atomic E-state index is 0.728. The summed E-state index contributed by atoms with van der Waals surface area (Å²) in [4.78, 5) is 24.8. The molecule has 0 saturated carbocycles. The van der Waals surface area contributed by atoms with Crippen LogP contribution in [0.5, 0.6) is 0 Å². The second kappa shape index (κ2) is 25.3. The first-order chi connectivity index (χ1) is 33.9. The molecule has 0 radical (unpaired) electrons. The molecule has 19 N–H and O–H groups in total. The zero-order valence-electron chi connectivity index (χ0n) is 38.8. The van der Waals surface area contributed by atoms with Crippen LogP contribution in [0.3, 0.4) is 0 Å². The Morgan fingerprint density at radius 1 is 0.389 bits per heavy atom. The van der Waals surface area contributed by atoms with Gasteiger partial charge in [0.2, 0.25) is 11.8 Å². The van der Waals surface area contributed by atoms with Crippen LogP contribution in [0.1, 0.15) is 20.8 Å². The maximum atomic E-state index is 12.7. The average molecular weight is 1060 g/mol. The topological polar surface area (TPSA) is 504 Å². The lowest BCUT2D eigenvalue weighted by atomic mass is 9.94. The van der Waals surface area contributed by atoms with Crippen LogP contribution in [0, 0.1) is 0 Å². The highest BCUT2D eigenvalue weighted by Gasteiger charge is 2.57. The standard InChI is InChI=1S/C40H68N2O30/c1-9-19(48)25(54)28(57)37(64-9)63-8-16-33(23(52)17(35(61)65-16)41-10(2)46)70-36-18(42-11(3)47)24(53)32(14(6-45)68-36)71-40-31(60)34(72-39-30(59)27(56)21(50)13(5-44)67-39)22(51)15(69-40)7-62-38-29(58)26(55)20(49)12(4-43)66-38/h9,12-40,43-45,48-61H,4-8H2,1-3H3,(H,41,46)(H,42,47)/t9-,12-,13+,14-,15+,16+,17+,18-,19+,20-,21+,22+,23+,24-,25+,26+,27-,28-,29+,30-,31-,32-,33+,34-,35+,36+,37+,38+,39+,40-/m1/s1. The van der Waals surface area contributed by atoms with Gasteiger partial charge in [-0.05, 0) is 6.92 Å². The summed E-state index contributed by atoms with van der Waals surface area (Å²) in [6.07, 6.45) is -51.4. The molecule has 0 spiro atoms. The van der Waals surface area contributed by atoms with Gasteiger partial charge >= 0.3 is 0 Å². The number of carbonyl (C=O) groups excluding carboxylic acids is 2. The van der Waals surface area contributed by atoms with E-state index in [0.29, 0.717) is 0 Å². The van der Waals surface area contributed by atoms with Crippen molar-refractivity contribution in [3.05, 3.63) is 0 Å². The summed E-state index contributed by atoms with van der Waals surface area (Å²) in [5.74, 6) is -1.60. The molecule has 6 aliphatic heterocycles. The van der Waals surface area contributed by atoms with Crippen LogP contribution >= 0.6 is 0 Å². The summed E-state index contributed by atoms with van der Waals surface area (Å²) >= 11 is 0. The summed E-state index contributed by atoms with van der Waals surface area (Å²) < 4.78 is 62.8. The van der Waals surface area contributed by atoms with Gasteiger partial charge in [-0.1, -0.05) is 0 Å². The molecule has 0 bridgehead atoms. The molecule has 6 fully saturated rings. The quantitative estimate of drug-likeness (QED) is 0.0643. The molecule has 32 heteroatoms. The minimum atomic E-state index is -2.23. The molecular weight excluding hydrogens is 988 g/mol. The van der Waals surface area contributed by atoms with Crippen molar-refractivity contribution in [1.29, 1.82) is 0 Å². The van der Waals surface area contributed by atoms with E-state index < -0.39 is 229 Å². The number of nitrogens with one attached hydrogen (secondary N) is 2. The fourth-order valence-electron chi connectivity index (χ4n) is 9.06. The van der Waals surface area contributed by atoms with Crippen LogP contribution in [-0.4, -0.2) is 316 Å². The molecule has 6 aliphatic rings. The number of hydrogen-bond acceptors (Lipinski definition) is 30. The first kappa shape index (κ1) is 59.1. The van der Waals surface area contributed by atoms with Crippen LogP contribution in [-0.2, 0) is 61.7 Å². The first-order valence-corrected chi connectivity index (χ1v) is 23.0. The van der Waals surface area contributed by atoms with Crippen LogP contribution < -0.4 is 10.6 Å². The van der Waals surface area contributed by atoms with E-state index in [-0.39, 0.29) is 0 Å². The summed E-state index contributed by atoms with van der Waals surface area (Å²) in [6.45, 7) is -1.00. The number of aliphatic hydroxyl groups excluding tert-OH is 17. The molecule has 0 aromatic carbocycles. The molecule has 32 nitrogen and oxygen atoms in total. The van der Waals surface area contributed by atoms with E-state index in [2.05, 4.69) is 10.6 Å². The van der Waals surface area contributed by atoms with Crippen LogP contribution in [0.2, 0.25) is 0 Å². The van der Waals surface area contributed by atoms with Gasteiger partial charge in [0.15, 0.2) is 37.7 Å². The van der Waals surface area contributed by atoms with Gasteiger partial charge in [0.25, 0.3) is 0 Å². The molecule has 0 unspecified atom stereocenters. The van der Waals surface area contributed by atoms with E-state index in [9.17, 15) is 96.4 Å². The molecule has 2 amide bonds. The van der Waals surface area contributed by atoms with Gasteiger partial charge in [-0.3, -0.25) is 9.59 Å². The number of hydrogen-bond donors (Lipinski definition) is 19. The van der Waals surface area contributed by atoms with E-state index in [1.165, 1.54) is 6.92 Å². The molecule has 418 valence electrons. The Morgan fingerprint density at radius 2 is 0.792 bits per heavy atom. The van der Waals surface area contributed by atoms with Gasteiger partial charge in [0, 0.05) is 13.8 Å². The molecule has 0 aromatic heterocycles. The largest absolute Gasteiger partial charge is 0.394 e. The highest BCUT2D eigenvalue weighted by molar-refractivity contribution is 5.73. The summed E-state index contributed by atoms with van der Waals surface area (Å²) in [5, 5.41) is 186. The van der Waals surface area contributed by atoms with Gasteiger partial charge in [-0.2, -0.15) is 0 Å². The fraction of sp³-hybridized carbons (Fsp3) is 0.950. The lowest BCUT2D eigenvalue weighted by Crippen LogP contribution is -2.70. The summed E-state index contributed by atoms with van der Waals surface area (Å²) in [7, 11) is 0. The molecule has 30 atom stereocenters. The number of amides is 2. The Morgan fingerprint density at radius 3 is 1.35 bits per heavy atom. The lowest BCUT2D eigenvalue weighted by molar-refractivity contribution is -0.384. The SMILES string of the molecule is CC(=O)N[C@H]1[C@H](O[C@@H]2[C@@H](O)[C@H](NC(C)=O)[C@@H](O)O[C@H]2CO[C@H]2O[C@H](C)[C@H](O)[C@H](O)[C@H]2O)O[C@H](CO)[C@@H](O[C@H]2O[C@@H](CO[C@H]3O[C@H](CO)[C@@H](O)[C@H](O)[C@@H]3O)[C@H](O)[C@@H](O[C@@H]3O[C@@H](CO)[C@H](O)[C@@H](O)[C@H]3O)[C@H]2O)[C@@H]1O. The third-order valence-corrected chi connectivity index (χ3v) is 13.2. The predicted molar refractivity (Wildman–Crippen MR) is 221 cm³/mol. The molecule has 6 heterocycles. The molecule has 0 aliphatic carbocycles. The van der Waals surface area contributed by atoms with Crippen molar-refractivity contribution in [2.45, 2.75) is 205 Å². The second-order valence-electron chi connectivity index (χ2n) is 18.3. The van der Waals surface area contributed by atoms with E-state index in [1.807, 2.05) is 0 Å². The number of carbonyl (C=O) groups is 2. The van der Waals surface area contributed by atoms with Gasteiger partial charge in [-0.25, -0.2) is 0 Å². The average Bonchev–Trinajstić information content (AvgIpc) is 3.34. The second-order valence-corrected chi connectivity index (χ2v) is 18.3. The zero-order valence-corrected chi connectivity index (χ0v) is 38.8. The van der Waals surface area contributed by atoms with Crippen molar-refractivity contribution >= 4 is 11.8 Å². The van der Waals surface area contributed by atoms with Crippen molar-refractivity contribution in [2.75, 3.05) is 33.0 Å². The van der Waals surface area contributed by atoms with Crippen LogP contribution in [0.4, 0.5) is 0 Å². The number of rotatable bonds is 17. The van der Waals surface area contributed by atoms with Gasteiger partial charge in [-0.15, -0.1) is 0 Å². The normalized spacial score (nSPS) is 50.3. The highest BCUT2D eigenvalue weighted by atomic mass is 16.8. The molecular formula is C40H68N2O30. The molecule has 6 saturated heterocycles. The zero-order chi connectivity index (χ0) is 53.2. The smallest absolute Gasteiger partial charge is 0.217 e. The Labute approximate surface area is 408 Å². The van der Waals surface area contributed by atoms with E-state index in [0.717, 1.165) is 13.8 Å². The fourth-order valence-corrected chi connectivity index (χ4v) is 9.06.